The SMILES string of the molecule is COCCCNC(=O)c1nc(C(=O)Nc2cccc(C(C)=O)c2)n2c1CCCC2. The number of rotatable bonds is 8. The lowest BCUT2D eigenvalue weighted by molar-refractivity contribution is 0.0941. The normalized spacial score (nSPS) is 12.9. The number of Topliss-reactive ketones (excluding diaryl/α,β-unsaturated/α-hetero) is 1. The summed E-state index contributed by atoms with van der Waals surface area (Å²) in [7, 11) is 1.62. The number of ether oxygens (including phenoxy) is 1. The van der Waals surface area contributed by atoms with Gasteiger partial charge in [0.15, 0.2) is 11.6 Å². The minimum atomic E-state index is -0.396. The number of hydrogen-bond donors (Lipinski definition) is 2. The Morgan fingerprint density at radius 2 is 2.03 bits per heavy atom. The van der Waals surface area contributed by atoms with Crippen molar-refractivity contribution in [1.29, 1.82) is 0 Å². The van der Waals surface area contributed by atoms with Crippen LogP contribution in [0.3, 0.4) is 0 Å². The van der Waals surface area contributed by atoms with E-state index in [1.54, 1.807) is 31.4 Å². The van der Waals surface area contributed by atoms with Crippen LogP contribution in [-0.4, -0.2) is 47.4 Å². The molecule has 0 saturated carbocycles. The molecule has 0 spiro atoms. The summed E-state index contributed by atoms with van der Waals surface area (Å²) in [5.41, 5.74) is 2.14. The van der Waals surface area contributed by atoms with Crippen molar-refractivity contribution in [3.8, 4) is 0 Å². The van der Waals surface area contributed by atoms with Crippen LogP contribution in [0.2, 0.25) is 0 Å². The summed E-state index contributed by atoms with van der Waals surface area (Å²) in [6.45, 7) is 3.17. The van der Waals surface area contributed by atoms with Gasteiger partial charge in [0, 0.05) is 38.1 Å². The predicted octanol–water partition coefficient (Wildman–Crippen LogP) is 2.44. The average molecular weight is 398 g/mol. The predicted molar refractivity (Wildman–Crippen MR) is 108 cm³/mol. The second kappa shape index (κ2) is 9.47. The van der Waals surface area contributed by atoms with Crippen LogP contribution in [0.4, 0.5) is 5.69 Å². The molecule has 0 radical (unpaired) electrons. The number of hydrogen-bond acceptors (Lipinski definition) is 5. The first-order valence-corrected chi connectivity index (χ1v) is 9.80. The van der Waals surface area contributed by atoms with Gasteiger partial charge in [0.1, 0.15) is 5.69 Å². The van der Waals surface area contributed by atoms with Gasteiger partial charge in [0.25, 0.3) is 11.8 Å². The van der Waals surface area contributed by atoms with Gasteiger partial charge in [-0.1, -0.05) is 12.1 Å². The Morgan fingerprint density at radius 3 is 2.79 bits per heavy atom. The molecule has 1 aromatic carbocycles. The Hall–Kier alpha value is -3.00. The van der Waals surface area contributed by atoms with E-state index in [1.165, 1.54) is 6.92 Å². The average Bonchev–Trinajstić information content (AvgIpc) is 3.11. The van der Waals surface area contributed by atoms with Gasteiger partial charge in [-0.2, -0.15) is 0 Å². The summed E-state index contributed by atoms with van der Waals surface area (Å²) in [6.07, 6.45) is 3.30. The van der Waals surface area contributed by atoms with Crippen molar-refractivity contribution < 1.29 is 19.1 Å². The highest BCUT2D eigenvalue weighted by atomic mass is 16.5. The fourth-order valence-corrected chi connectivity index (χ4v) is 3.40. The zero-order valence-corrected chi connectivity index (χ0v) is 16.8. The van der Waals surface area contributed by atoms with Crippen LogP contribution in [0.5, 0.6) is 0 Å². The van der Waals surface area contributed by atoms with Crippen molar-refractivity contribution >= 4 is 23.3 Å². The lowest BCUT2D eigenvalue weighted by Gasteiger charge is -2.17. The molecule has 0 unspecified atom stereocenters. The minimum Gasteiger partial charge on any atom is -0.385 e. The number of nitrogens with zero attached hydrogens (tertiary/aromatic N) is 2. The van der Waals surface area contributed by atoms with E-state index in [2.05, 4.69) is 15.6 Å². The third-order valence-corrected chi connectivity index (χ3v) is 4.87. The molecule has 2 heterocycles. The second-order valence-corrected chi connectivity index (χ2v) is 7.03. The quantitative estimate of drug-likeness (QED) is 0.525. The Kier molecular flexibility index (Phi) is 6.77. The van der Waals surface area contributed by atoms with Crippen LogP contribution < -0.4 is 10.6 Å². The van der Waals surface area contributed by atoms with Crippen LogP contribution in [0.15, 0.2) is 24.3 Å². The highest BCUT2D eigenvalue weighted by molar-refractivity contribution is 6.04. The molecule has 0 aliphatic carbocycles. The first kappa shape index (κ1) is 20.7. The molecule has 3 rings (SSSR count). The van der Waals surface area contributed by atoms with Crippen LogP contribution >= 0.6 is 0 Å². The molecule has 1 aliphatic heterocycles. The number of amides is 2. The van der Waals surface area contributed by atoms with E-state index in [0.29, 0.717) is 49.5 Å². The highest BCUT2D eigenvalue weighted by Gasteiger charge is 2.27. The zero-order valence-electron chi connectivity index (χ0n) is 16.8. The number of aromatic nitrogens is 2. The smallest absolute Gasteiger partial charge is 0.291 e. The first-order chi connectivity index (χ1) is 14.0. The summed E-state index contributed by atoms with van der Waals surface area (Å²) >= 11 is 0. The second-order valence-electron chi connectivity index (χ2n) is 7.03. The topological polar surface area (TPSA) is 102 Å². The van der Waals surface area contributed by atoms with E-state index in [1.807, 2.05) is 4.57 Å². The number of benzene rings is 1. The van der Waals surface area contributed by atoms with Gasteiger partial charge in [-0.3, -0.25) is 14.4 Å². The molecule has 0 bridgehead atoms. The number of carbonyl (C=O) groups is 3. The Labute approximate surface area is 169 Å². The molecular weight excluding hydrogens is 372 g/mol. The maximum atomic E-state index is 12.9. The molecule has 1 aliphatic rings. The van der Waals surface area contributed by atoms with E-state index >= 15 is 0 Å². The number of methoxy groups -OCH3 is 1. The molecule has 8 heteroatoms. The Balaban J connectivity index is 1.81. The highest BCUT2D eigenvalue weighted by Crippen LogP contribution is 2.22. The Bertz CT molecular complexity index is 919. The van der Waals surface area contributed by atoms with E-state index in [0.717, 1.165) is 18.5 Å². The van der Waals surface area contributed by atoms with Gasteiger partial charge in [0.2, 0.25) is 0 Å². The maximum absolute atomic E-state index is 12.9. The molecule has 1 aromatic heterocycles. The van der Waals surface area contributed by atoms with Crippen molar-refractivity contribution in [3.05, 3.63) is 47.0 Å². The molecule has 2 amide bonds. The van der Waals surface area contributed by atoms with E-state index in [9.17, 15) is 14.4 Å². The molecule has 0 atom stereocenters. The van der Waals surface area contributed by atoms with Crippen LogP contribution in [-0.2, 0) is 17.7 Å². The number of fused-ring (bicyclic) bond motifs is 1. The van der Waals surface area contributed by atoms with Gasteiger partial charge in [-0.15, -0.1) is 0 Å². The van der Waals surface area contributed by atoms with Gasteiger partial charge >= 0.3 is 0 Å². The summed E-state index contributed by atoms with van der Waals surface area (Å²) < 4.78 is 6.82. The van der Waals surface area contributed by atoms with Crippen molar-refractivity contribution in [2.75, 3.05) is 25.6 Å². The molecule has 2 aromatic rings. The third kappa shape index (κ3) is 4.89. The molecule has 29 heavy (non-hydrogen) atoms. The monoisotopic (exact) mass is 398 g/mol. The van der Waals surface area contributed by atoms with E-state index in [4.69, 9.17) is 4.74 Å². The van der Waals surface area contributed by atoms with Gasteiger partial charge in [0.05, 0.1) is 5.69 Å². The summed E-state index contributed by atoms with van der Waals surface area (Å²) in [4.78, 5) is 41.4. The third-order valence-electron chi connectivity index (χ3n) is 4.87. The van der Waals surface area contributed by atoms with Gasteiger partial charge < -0.3 is 19.9 Å². The zero-order chi connectivity index (χ0) is 20.8. The van der Waals surface area contributed by atoms with Gasteiger partial charge in [-0.25, -0.2) is 4.98 Å². The molecular formula is C21H26N4O4. The number of ketones is 1. The molecule has 154 valence electrons. The van der Waals surface area contributed by atoms with Crippen molar-refractivity contribution in [3.63, 3.8) is 0 Å². The lowest BCUT2D eigenvalue weighted by atomic mass is 10.1. The Morgan fingerprint density at radius 1 is 1.21 bits per heavy atom. The first-order valence-electron chi connectivity index (χ1n) is 9.80. The summed E-state index contributed by atoms with van der Waals surface area (Å²) in [5.74, 6) is -0.529. The number of anilines is 1. The van der Waals surface area contributed by atoms with E-state index < -0.39 is 5.91 Å². The largest absolute Gasteiger partial charge is 0.385 e. The van der Waals surface area contributed by atoms with Crippen LogP contribution in [0.1, 0.15) is 63.3 Å². The van der Waals surface area contributed by atoms with Crippen molar-refractivity contribution in [2.45, 2.75) is 39.2 Å². The fraction of sp³-hybridized carbons (Fsp3) is 0.429. The summed E-state index contributed by atoms with van der Waals surface area (Å²) in [5, 5.41) is 5.63. The molecule has 0 saturated heterocycles. The number of carbonyl (C=O) groups excluding carboxylic acids is 3. The lowest BCUT2D eigenvalue weighted by Crippen LogP contribution is -2.27. The molecule has 0 fully saturated rings. The van der Waals surface area contributed by atoms with Crippen molar-refractivity contribution in [2.24, 2.45) is 0 Å². The van der Waals surface area contributed by atoms with E-state index in [-0.39, 0.29) is 17.5 Å². The van der Waals surface area contributed by atoms with Crippen molar-refractivity contribution in [1.82, 2.24) is 14.9 Å². The standard InChI is InChI=1S/C21H26N4O4/c1-14(26)15-7-5-8-16(13-15)23-21(28)19-24-18(17-9-3-4-11-25(17)19)20(27)22-10-6-12-29-2/h5,7-8,13H,3-4,6,9-12H2,1-2H3,(H,22,27)(H,23,28). The van der Waals surface area contributed by atoms with Crippen LogP contribution in [0.25, 0.3) is 0 Å². The number of imidazole rings is 1. The summed E-state index contributed by atoms with van der Waals surface area (Å²) in [6, 6.07) is 6.76. The maximum Gasteiger partial charge on any atom is 0.291 e. The van der Waals surface area contributed by atoms with Gasteiger partial charge in [-0.05, 0) is 44.7 Å². The molecule has 2 N–H and O–H groups in total. The fourth-order valence-electron chi connectivity index (χ4n) is 3.40. The van der Waals surface area contributed by atoms with Crippen LogP contribution in [0, 0.1) is 0 Å². The molecule has 8 nitrogen and oxygen atoms in total. The number of nitrogens with one attached hydrogen (secondary N) is 2. The minimum absolute atomic E-state index is 0.0771.